The van der Waals surface area contributed by atoms with Crippen LogP contribution in [0, 0.1) is 17.1 Å². The van der Waals surface area contributed by atoms with Crippen molar-refractivity contribution in [2.75, 3.05) is 5.32 Å². The van der Waals surface area contributed by atoms with Crippen LogP contribution in [0.1, 0.15) is 16.7 Å². The van der Waals surface area contributed by atoms with Gasteiger partial charge in [0.05, 0.1) is 12.1 Å². The third kappa shape index (κ3) is 3.80. The van der Waals surface area contributed by atoms with Crippen LogP contribution in [0.5, 0.6) is 0 Å². The van der Waals surface area contributed by atoms with Crippen LogP contribution in [0.4, 0.5) is 10.1 Å². The normalized spacial score (nSPS) is 9.90. The van der Waals surface area contributed by atoms with E-state index in [1.54, 1.807) is 30.3 Å². The number of aliphatic carboxylic acids is 1. The molecule has 0 heterocycles. The lowest BCUT2D eigenvalue weighted by molar-refractivity contribution is -0.136. The molecule has 0 spiro atoms. The number of hydrogen-bond donors (Lipinski definition) is 2. The predicted molar refractivity (Wildman–Crippen MR) is 76.2 cm³/mol. The lowest BCUT2D eigenvalue weighted by atomic mass is 10.1. The van der Waals surface area contributed by atoms with Gasteiger partial charge in [0.2, 0.25) is 0 Å². The number of carboxylic acid groups (broad SMARTS) is 1. The monoisotopic (exact) mass is 284 g/mol. The quantitative estimate of drug-likeness (QED) is 0.885. The Bertz CT molecular complexity index is 690. The first-order valence-corrected chi connectivity index (χ1v) is 6.32. The van der Waals surface area contributed by atoms with Crippen molar-refractivity contribution >= 4 is 11.7 Å². The summed E-state index contributed by atoms with van der Waals surface area (Å²) in [6.45, 7) is 0.422. The van der Waals surface area contributed by atoms with Crippen LogP contribution in [0.2, 0.25) is 0 Å². The number of nitrogens with one attached hydrogen (secondary N) is 1. The van der Waals surface area contributed by atoms with E-state index in [4.69, 9.17) is 10.4 Å². The average molecular weight is 284 g/mol. The molecular formula is C16H13FN2O2. The molecule has 5 heteroatoms. The zero-order valence-corrected chi connectivity index (χ0v) is 11.1. The van der Waals surface area contributed by atoms with E-state index in [2.05, 4.69) is 5.32 Å². The second kappa shape index (κ2) is 6.53. The number of rotatable bonds is 5. The lowest BCUT2D eigenvalue weighted by Crippen LogP contribution is -2.03. The van der Waals surface area contributed by atoms with Crippen LogP contribution >= 0.6 is 0 Å². The summed E-state index contributed by atoms with van der Waals surface area (Å²) in [5.41, 5.74) is 2.05. The molecule has 0 saturated heterocycles. The van der Waals surface area contributed by atoms with E-state index in [0.29, 0.717) is 12.2 Å². The molecule has 2 N–H and O–H groups in total. The largest absolute Gasteiger partial charge is 0.481 e. The summed E-state index contributed by atoms with van der Waals surface area (Å²) in [6, 6.07) is 13.3. The SMILES string of the molecule is N#Cc1c(F)cccc1NCc1ccc(CC(=O)O)cc1. The first-order valence-electron chi connectivity index (χ1n) is 6.32. The molecule has 2 rings (SSSR count). The van der Waals surface area contributed by atoms with E-state index < -0.39 is 11.8 Å². The molecule has 0 aliphatic rings. The first-order chi connectivity index (χ1) is 10.1. The highest BCUT2D eigenvalue weighted by Crippen LogP contribution is 2.18. The van der Waals surface area contributed by atoms with E-state index in [0.717, 1.165) is 11.1 Å². The van der Waals surface area contributed by atoms with Crippen molar-refractivity contribution < 1.29 is 14.3 Å². The third-order valence-electron chi connectivity index (χ3n) is 2.99. The Hall–Kier alpha value is -2.87. The number of benzene rings is 2. The number of halogens is 1. The molecule has 0 bridgehead atoms. The minimum absolute atomic E-state index is 0.0139. The van der Waals surface area contributed by atoms with Crippen molar-refractivity contribution in [3.8, 4) is 6.07 Å². The Labute approximate surface area is 121 Å². The van der Waals surface area contributed by atoms with E-state index in [1.807, 2.05) is 6.07 Å². The highest BCUT2D eigenvalue weighted by atomic mass is 19.1. The van der Waals surface area contributed by atoms with Gasteiger partial charge in [-0.1, -0.05) is 30.3 Å². The molecule has 21 heavy (non-hydrogen) atoms. The van der Waals surface area contributed by atoms with Crippen molar-refractivity contribution in [3.05, 3.63) is 65.0 Å². The number of hydrogen-bond acceptors (Lipinski definition) is 3. The molecule has 0 saturated carbocycles. The Morgan fingerprint density at radius 3 is 2.48 bits per heavy atom. The second-order valence-corrected chi connectivity index (χ2v) is 4.51. The summed E-state index contributed by atoms with van der Waals surface area (Å²) in [7, 11) is 0. The van der Waals surface area contributed by atoms with Gasteiger partial charge in [-0.2, -0.15) is 5.26 Å². The Kier molecular flexibility index (Phi) is 4.52. The maximum atomic E-state index is 13.4. The first kappa shape index (κ1) is 14.5. The summed E-state index contributed by atoms with van der Waals surface area (Å²) in [6.07, 6.45) is -0.0177. The van der Waals surface area contributed by atoms with Gasteiger partial charge in [0.1, 0.15) is 17.4 Å². The molecule has 106 valence electrons. The second-order valence-electron chi connectivity index (χ2n) is 4.51. The molecular weight excluding hydrogens is 271 g/mol. The van der Waals surface area contributed by atoms with E-state index >= 15 is 0 Å². The van der Waals surface area contributed by atoms with Crippen LogP contribution < -0.4 is 5.32 Å². The maximum absolute atomic E-state index is 13.4. The predicted octanol–water partition coefficient (Wildman–Crippen LogP) is 2.94. The molecule has 0 fully saturated rings. The maximum Gasteiger partial charge on any atom is 0.307 e. The van der Waals surface area contributed by atoms with Crippen LogP contribution in [0.3, 0.4) is 0 Å². The van der Waals surface area contributed by atoms with Gasteiger partial charge < -0.3 is 10.4 Å². The van der Waals surface area contributed by atoms with Crippen molar-refractivity contribution in [1.29, 1.82) is 5.26 Å². The minimum atomic E-state index is -0.876. The average Bonchev–Trinajstić information content (AvgIpc) is 2.46. The summed E-state index contributed by atoms with van der Waals surface area (Å²) in [5.74, 6) is -1.43. The van der Waals surface area contributed by atoms with Gasteiger partial charge in [-0.25, -0.2) is 4.39 Å². The summed E-state index contributed by atoms with van der Waals surface area (Å²) in [4.78, 5) is 10.6. The van der Waals surface area contributed by atoms with E-state index in [-0.39, 0.29) is 12.0 Å². The number of carboxylic acids is 1. The molecule has 0 aliphatic heterocycles. The number of anilines is 1. The standard InChI is InChI=1S/C16H13FN2O2/c17-14-2-1-3-15(13(14)9-18)19-10-12-6-4-11(5-7-12)8-16(20)21/h1-7,19H,8,10H2,(H,20,21). The van der Waals surface area contributed by atoms with Gasteiger partial charge in [0, 0.05) is 6.54 Å². The molecule has 0 amide bonds. The smallest absolute Gasteiger partial charge is 0.307 e. The van der Waals surface area contributed by atoms with Crippen LogP contribution in [-0.2, 0) is 17.8 Å². The molecule has 0 unspecified atom stereocenters. The van der Waals surface area contributed by atoms with Crippen LogP contribution in [0.15, 0.2) is 42.5 Å². The van der Waals surface area contributed by atoms with Gasteiger partial charge in [-0.15, -0.1) is 0 Å². The number of nitrogens with zero attached hydrogens (tertiary/aromatic N) is 1. The topological polar surface area (TPSA) is 73.1 Å². The summed E-state index contributed by atoms with van der Waals surface area (Å²) in [5, 5.41) is 20.6. The number of carbonyl (C=O) groups is 1. The third-order valence-corrected chi connectivity index (χ3v) is 2.99. The Balaban J connectivity index is 2.05. The zero-order valence-electron chi connectivity index (χ0n) is 11.1. The van der Waals surface area contributed by atoms with Crippen molar-refractivity contribution in [3.63, 3.8) is 0 Å². The van der Waals surface area contributed by atoms with Gasteiger partial charge >= 0.3 is 5.97 Å². The molecule has 4 nitrogen and oxygen atoms in total. The lowest BCUT2D eigenvalue weighted by Gasteiger charge is -2.09. The molecule has 2 aromatic carbocycles. The molecule has 0 aliphatic carbocycles. The molecule has 2 aromatic rings. The Morgan fingerprint density at radius 1 is 1.19 bits per heavy atom. The fraction of sp³-hybridized carbons (Fsp3) is 0.125. The van der Waals surface area contributed by atoms with Crippen LogP contribution in [-0.4, -0.2) is 11.1 Å². The fourth-order valence-corrected chi connectivity index (χ4v) is 1.93. The van der Waals surface area contributed by atoms with Gasteiger partial charge in [0.25, 0.3) is 0 Å². The van der Waals surface area contributed by atoms with E-state index in [9.17, 15) is 9.18 Å². The van der Waals surface area contributed by atoms with Gasteiger partial charge in [-0.3, -0.25) is 4.79 Å². The molecule has 0 atom stereocenters. The van der Waals surface area contributed by atoms with Gasteiger partial charge in [0.15, 0.2) is 0 Å². The highest BCUT2D eigenvalue weighted by Gasteiger charge is 2.07. The van der Waals surface area contributed by atoms with Crippen molar-refractivity contribution in [2.24, 2.45) is 0 Å². The molecule has 0 radical (unpaired) electrons. The van der Waals surface area contributed by atoms with Gasteiger partial charge in [-0.05, 0) is 23.3 Å². The van der Waals surface area contributed by atoms with E-state index in [1.165, 1.54) is 12.1 Å². The van der Waals surface area contributed by atoms with Crippen molar-refractivity contribution in [2.45, 2.75) is 13.0 Å². The summed E-state index contributed by atoms with van der Waals surface area (Å²) < 4.78 is 13.4. The van der Waals surface area contributed by atoms with Crippen molar-refractivity contribution in [1.82, 2.24) is 0 Å². The summed E-state index contributed by atoms with van der Waals surface area (Å²) >= 11 is 0. The zero-order chi connectivity index (χ0) is 15.2. The Morgan fingerprint density at radius 2 is 1.86 bits per heavy atom. The van der Waals surface area contributed by atoms with Crippen LogP contribution in [0.25, 0.3) is 0 Å². The number of nitriles is 1. The fourth-order valence-electron chi connectivity index (χ4n) is 1.93. The minimum Gasteiger partial charge on any atom is -0.481 e. The highest BCUT2D eigenvalue weighted by molar-refractivity contribution is 5.70. The molecule has 0 aromatic heterocycles.